The number of nitrogens with zero attached hydrogens (tertiary/aromatic N) is 2. The van der Waals surface area contributed by atoms with Crippen LogP contribution in [0.4, 0.5) is 0 Å². The van der Waals surface area contributed by atoms with Crippen molar-refractivity contribution in [1.29, 1.82) is 0 Å². The number of hydrogen-bond donors (Lipinski definition) is 0. The van der Waals surface area contributed by atoms with Crippen molar-refractivity contribution in [1.82, 2.24) is 9.97 Å². The SMILES string of the molecule is C=C1C[C@H](C[C@@H]2CC(=O)C[C@H](c3coc(/C=C/C[C@H]4O[C@@H](/C(C)=C/c5coc(C)n5)[C@H](C)[C@@H](O[Si](C)(C)C(C)(C)C)[C@H]4C)n3)O2)O[C@@H](COCc2ccccc2)C1. The van der Waals surface area contributed by atoms with Crippen LogP contribution in [0.25, 0.3) is 12.2 Å². The third-order valence-corrected chi connectivity index (χ3v) is 16.7. The number of rotatable bonds is 14. The Morgan fingerprint density at radius 1 is 0.947 bits per heavy atom. The monoisotopic (exact) mass is 800 g/mol. The van der Waals surface area contributed by atoms with Gasteiger partial charge in [-0.2, -0.15) is 0 Å². The molecular weight excluding hydrogens is 737 g/mol. The number of aryl methyl sites for hydroxylation is 1. The molecule has 3 fully saturated rings. The minimum atomic E-state index is -2.08. The molecule has 6 rings (SSSR count). The highest BCUT2D eigenvalue weighted by atomic mass is 28.4. The Morgan fingerprint density at radius 3 is 2.40 bits per heavy atom. The van der Waals surface area contributed by atoms with Crippen LogP contribution in [0.5, 0.6) is 0 Å². The molecule has 11 heteroatoms. The molecular formula is C46H64N2O8Si. The van der Waals surface area contributed by atoms with Crippen LogP contribution in [0.1, 0.15) is 115 Å². The molecule has 0 radical (unpaired) electrons. The van der Waals surface area contributed by atoms with Gasteiger partial charge >= 0.3 is 0 Å². The second-order valence-corrected chi connectivity index (χ2v) is 22.8. The molecule has 1 aromatic carbocycles. The van der Waals surface area contributed by atoms with Gasteiger partial charge in [-0.25, -0.2) is 9.97 Å². The summed E-state index contributed by atoms with van der Waals surface area (Å²) in [5.41, 5.74) is 4.76. The molecule has 3 aliphatic heterocycles. The molecule has 0 saturated carbocycles. The lowest BCUT2D eigenvalue weighted by molar-refractivity contribution is -0.143. The zero-order chi connectivity index (χ0) is 40.9. The van der Waals surface area contributed by atoms with Crippen molar-refractivity contribution in [3.05, 3.63) is 95.4 Å². The van der Waals surface area contributed by atoms with Crippen LogP contribution in [0.2, 0.25) is 18.1 Å². The molecule has 57 heavy (non-hydrogen) atoms. The number of benzene rings is 1. The highest BCUT2D eigenvalue weighted by Crippen LogP contribution is 2.44. The van der Waals surface area contributed by atoms with E-state index in [0.29, 0.717) is 50.0 Å². The van der Waals surface area contributed by atoms with E-state index in [1.165, 1.54) is 0 Å². The van der Waals surface area contributed by atoms with E-state index >= 15 is 0 Å². The van der Waals surface area contributed by atoms with Crippen LogP contribution in [-0.4, -0.2) is 67.3 Å². The van der Waals surface area contributed by atoms with Crippen molar-refractivity contribution in [2.24, 2.45) is 11.8 Å². The average Bonchev–Trinajstić information content (AvgIpc) is 3.79. The van der Waals surface area contributed by atoms with Crippen molar-refractivity contribution < 1.29 is 37.0 Å². The Hall–Kier alpha value is -3.45. The summed E-state index contributed by atoms with van der Waals surface area (Å²) in [4.78, 5) is 22.2. The Kier molecular flexibility index (Phi) is 14.1. The van der Waals surface area contributed by atoms with Gasteiger partial charge in [-0.1, -0.05) is 83.2 Å². The largest absolute Gasteiger partial charge is 0.449 e. The summed E-state index contributed by atoms with van der Waals surface area (Å²) in [5.74, 6) is 1.54. The van der Waals surface area contributed by atoms with Gasteiger partial charge in [-0.05, 0) is 67.6 Å². The number of ether oxygens (including phenoxy) is 4. The lowest BCUT2D eigenvalue weighted by atomic mass is 9.79. The molecule has 2 aromatic heterocycles. The quantitative estimate of drug-likeness (QED) is 0.115. The minimum Gasteiger partial charge on any atom is -0.449 e. The number of oxazole rings is 2. The maximum Gasteiger partial charge on any atom is 0.218 e. The second kappa shape index (κ2) is 18.6. The molecule has 3 saturated heterocycles. The molecule has 3 aromatic rings. The maximum atomic E-state index is 13.0. The van der Waals surface area contributed by atoms with Crippen LogP contribution in [0, 0.1) is 18.8 Å². The predicted molar refractivity (Wildman–Crippen MR) is 224 cm³/mol. The van der Waals surface area contributed by atoms with Gasteiger partial charge in [0.05, 0.1) is 49.8 Å². The number of hydrogen-bond acceptors (Lipinski definition) is 10. The van der Waals surface area contributed by atoms with E-state index in [2.05, 4.69) is 90.5 Å². The van der Waals surface area contributed by atoms with Gasteiger partial charge in [0, 0.05) is 38.0 Å². The van der Waals surface area contributed by atoms with Crippen LogP contribution in [0.15, 0.2) is 75.5 Å². The molecule has 9 atom stereocenters. The number of carbonyl (C=O) groups is 1. The van der Waals surface area contributed by atoms with E-state index in [1.807, 2.05) is 31.2 Å². The third-order valence-electron chi connectivity index (χ3n) is 12.2. The molecule has 0 bridgehead atoms. The highest BCUT2D eigenvalue weighted by molar-refractivity contribution is 6.74. The molecule has 0 unspecified atom stereocenters. The number of ketones is 1. The molecule has 5 heterocycles. The lowest BCUT2D eigenvalue weighted by Gasteiger charge is -2.49. The van der Waals surface area contributed by atoms with Crippen molar-refractivity contribution in [3.8, 4) is 0 Å². The van der Waals surface area contributed by atoms with Crippen LogP contribution in [-0.2, 0) is 34.8 Å². The zero-order valence-electron chi connectivity index (χ0n) is 35.5. The number of aromatic nitrogens is 2. The molecule has 0 aliphatic carbocycles. The van der Waals surface area contributed by atoms with Gasteiger partial charge in [0.1, 0.15) is 35.8 Å². The van der Waals surface area contributed by atoms with Crippen molar-refractivity contribution in [2.45, 2.75) is 154 Å². The Balaban J connectivity index is 1.07. The predicted octanol–water partition coefficient (Wildman–Crippen LogP) is 10.4. The summed E-state index contributed by atoms with van der Waals surface area (Å²) in [6, 6.07) is 10.1. The Labute approximate surface area is 340 Å². The van der Waals surface area contributed by atoms with E-state index in [-0.39, 0.29) is 65.7 Å². The molecule has 310 valence electrons. The standard InChI is InChI=1S/C46H64N2O8Si/c1-29-19-37(53-39(20-29)27-50-25-34-15-12-11-13-16-34)24-38-22-36(49)23-42(54-38)40-28-52-43(48-40)18-14-17-41-31(3)45(56-57(9,10)46(6,7)8)32(4)44(55-41)30(2)21-35-26-51-33(5)47-35/h11-16,18,21,26,28,31-32,37-39,41-42,44-45H,1,17,19-20,22-25,27H2,2-10H3/b18-14+,30-21+/t31-,32-,37+,38-,39+,41+,42+,44-,45-/m0/s1. The van der Waals surface area contributed by atoms with Gasteiger partial charge < -0.3 is 32.2 Å². The fourth-order valence-electron chi connectivity index (χ4n) is 8.11. The summed E-state index contributed by atoms with van der Waals surface area (Å²) in [6.45, 7) is 25.2. The third kappa shape index (κ3) is 11.4. The maximum absolute atomic E-state index is 13.0. The van der Waals surface area contributed by atoms with Crippen LogP contribution >= 0.6 is 0 Å². The summed E-state index contributed by atoms with van der Waals surface area (Å²) >= 11 is 0. The molecule has 0 amide bonds. The average molecular weight is 801 g/mol. The first kappa shape index (κ1) is 43.1. The number of Topliss-reactive ketones (excluding diaryl/α,β-unsaturated/α-hetero) is 1. The fourth-order valence-corrected chi connectivity index (χ4v) is 9.57. The van der Waals surface area contributed by atoms with Gasteiger partial charge in [0.15, 0.2) is 14.2 Å². The Morgan fingerprint density at radius 2 is 1.68 bits per heavy atom. The topological polar surface area (TPSA) is 115 Å². The number of carbonyl (C=O) groups excluding carboxylic acids is 1. The van der Waals surface area contributed by atoms with E-state index in [0.717, 1.165) is 35.2 Å². The second-order valence-electron chi connectivity index (χ2n) is 18.1. The van der Waals surface area contributed by atoms with E-state index in [9.17, 15) is 4.79 Å². The van der Waals surface area contributed by atoms with Gasteiger partial charge in [0.2, 0.25) is 5.89 Å². The Bertz CT molecular complexity index is 1860. The molecule has 0 spiro atoms. The van der Waals surface area contributed by atoms with Gasteiger partial charge in [0.25, 0.3) is 0 Å². The normalized spacial score (nSPS) is 29.4. The molecule has 0 N–H and O–H groups in total. The van der Waals surface area contributed by atoms with E-state index in [1.54, 1.807) is 12.5 Å². The smallest absolute Gasteiger partial charge is 0.218 e. The highest BCUT2D eigenvalue weighted by Gasteiger charge is 2.47. The van der Waals surface area contributed by atoms with E-state index in [4.69, 9.17) is 37.2 Å². The first-order valence-corrected chi connectivity index (χ1v) is 23.6. The summed E-state index contributed by atoms with van der Waals surface area (Å²) in [6.07, 6.45) is 11.6. The summed E-state index contributed by atoms with van der Waals surface area (Å²) in [7, 11) is -2.08. The van der Waals surface area contributed by atoms with Crippen molar-refractivity contribution in [2.75, 3.05) is 6.61 Å². The summed E-state index contributed by atoms with van der Waals surface area (Å²) in [5, 5.41) is 0.0775. The zero-order valence-corrected chi connectivity index (χ0v) is 36.5. The first-order valence-electron chi connectivity index (χ1n) is 20.7. The van der Waals surface area contributed by atoms with Crippen LogP contribution in [0.3, 0.4) is 0 Å². The lowest BCUT2D eigenvalue weighted by Crippen LogP contribution is -2.55. The fraction of sp³-hybridized carbons (Fsp3) is 0.587. The first-order chi connectivity index (χ1) is 27.0. The molecule has 10 nitrogen and oxygen atoms in total. The van der Waals surface area contributed by atoms with Crippen LogP contribution < -0.4 is 0 Å². The van der Waals surface area contributed by atoms with Gasteiger partial charge in [-0.15, -0.1) is 0 Å². The van der Waals surface area contributed by atoms with Crippen molar-refractivity contribution >= 4 is 26.3 Å². The summed E-state index contributed by atoms with van der Waals surface area (Å²) < 4.78 is 44.3. The van der Waals surface area contributed by atoms with Crippen molar-refractivity contribution in [3.63, 3.8) is 0 Å². The van der Waals surface area contributed by atoms with E-state index < -0.39 is 14.4 Å². The minimum absolute atomic E-state index is 0.0173. The molecule has 3 aliphatic rings. The van der Waals surface area contributed by atoms with Gasteiger partial charge in [-0.3, -0.25) is 4.79 Å².